The zero-order valence-electron chi connectivity index (χ0n) is 15.2. The molecule has 2 heterocycles. The van der Waals surface area contributed by atoms with Gasteiger partial charge in [-0.05, 0) is 31.7 Å². The van der Waals surface area contributed by atoms with E-state index in [0.29, 0.717) is 31.2 Å². The Hall–Kier alpha value is -2.31. The minimum Gasteiger partial charge on any atom is -0.450 e. The Labute approximate surface area is 149 Å². The number of anilines is 1. The highest BCUT2D eigenvalue weighted by atomic mass is 16.6. The number of hydrogen-bond acceptors (Lipinski definition) is 5. The summed E-state index contributed by atoms with van der Waals surface area (Å²) in [4.78, 5) is 30.0. The topological polar surface area (TPSA) is 83.6 Å². The number of piperidine rings is 1. The van der Waals surface area contributed by atoms with Crippen LogP contribution in [-0.2, 0) is 4.74 Å². The van der Waals surface area contributed by atoms with Gasteiger partial charge in [0.05, 0.1) is 17.9 Å². The van der Waals surface area contributed by atoms with Crippen molar-refractivity contribution in [3.63, 3.8) is 0 Å². The van der Waals surface area contributed by atoms with Crippen molar-refractivity contribution in [1.82, 2.24) is 15.2 Å². The molecule has 0 spiro atoms. The molecule has 0 bridgehead atoms. The van der Waals surface area contributed by atoms with Crippen molar-refractivity contribution in [3.05, 3.63) is 24.0 Å². The molecule has 0 saturated carbocycles. The summed E-state index contributed by atoms with van der Waals surface area (Å²) in [6.45, 7) is 8.45. The second-order valence-corrected chi connectivity index (χ2v) is 6.67. The van der Waals surface area contributed by atoms with E-state index in [4.69, 9.17) is 4.74 Å². The van der Waals surface area contributed by atoms with E-state index in [1.807, 2.05) is 6.07 Å². The summed E-state index contributed by atoms with van der Waals surface area (Å²) in [6, 6.07) is 1.88. The molecule has 7 nitrogen and oxygen atoms in total. The number of rotatable bonds is 6. The quantitative estimate of drug-likeness (QED) is 0.825. The van der Waals surface area contributed by atoms with Gasteiger partial charge in [0.15, 0.2) is 0 Å². The standard InChI is InChI=1S/C18H28N4O3/c1-4-25-18(24)22-7-5-15(6-8-22)21-17(23)14-9-16(12-19-11-14)20-10-13(2)3/h9,11-13,15,20H,4-8,10H2,1-3H3,(H,21,23). The Morgan fingerprint density at radius 3 is 2.68 bits per heavy atom. The molecular formula is C18H28N4O3. The molecule has 2 rings (SSSR count). The van der Waals surface area contributed by atoms with Crippen LogP contribution in [-0.4, -0.2) is 54.2 Å². The number of pyridine rings is 1. The van der Waals surface area contributed by atoms with E-state index >= 15 is 0 Å². The Morgan fingerprint density at radius 1 is 1.32 bits per heavy atom. The summed E-state index contributed by atoms with van der Waals surface area (Å²) in [5.41, 5.74) is 1.39. The fourth-order valence-corrected chi connectivity index (χ4v) is 2.67. The van der Waals surface area contributed by atoms with Crippen molar-refractivity contribution >= 4 is 17.7 Å². The molecule has 0 aromatic carbocycles. The lowest BCUT2D eigenvalue weighted by Crippen LogP contribution is -2.46. The van der Waals surface area contributed by atoms with Crippen LogP contribution in [0.3, 0.4) is 0 Å². The lowest BCUT2D eigenvalue weighted by atomic mass is 10.0. The number of hydrogen-bond donors (Lipinski definition) is 2. The SMILES string of the molecule is CCOC(=O)N1CCC(NC(=O)c2cncc(NCC(C)C)c2)CC1. The maximum absolute atomic E-state index is 12.4. The summed E-state index contributed by atoms with van der Waals surface area (Å²) in [5, 5.41) is 6.31. The summed E-state index contributed by atoms with van der Waals surface area (Å²) < 4.78 is 5.00. The molecule has 1 aliphatic rings. The zero-order chi connectivity index (χ0) is 18.2. The average Bonchev–Trinajstić information content (AvgIpc) is 2.61. The van der Waals surface area contributed by atoms with Gasteiger partial charge in [-0.1, -0.05) is 13.8 Å². The molecule has 1 aromatic heterocycles. The van der Waals surface area contributed by atoms with Crippen molar-refractivity contribution in [2.75, 3.05) is 31.6 Å². The van der Waals surface area contributed by atoms with Crippen molar-refractivity contribution in [2.24, 2.45) is 5.92 Å². The van der Waals surface area contributed by atoms with Gasteiger partial charge in [0.2, 0.25) is 0 Å². The van der Waals surface area contributed by atoms with Crippen molar-refractivity contribution in [3.8, 4) is 0 Å². The van der Waals surface area contributed by atoms with Crippen LogP contribution in [0.1, 0.15) is 44.0 Å². The maximum Gasteiger partial charge on any atom is 0.409 e. The van der Waals surface area contributed by atoms with Gasteiger partial charge in [0.1, 0.15) is 0 Å². The highest BCUT2D eigenvalue weighted by molar-refractivity contribution is 5.94. The molecule has 2 amide bonds. The third kappa shape index (κ3) is 5.92. The van der Waals surface area contributed by atoms with E-state index in [9.17, 15) is 9.59 Å². The molecule has 25 heavy (non-hydrogen) atoms. The van der Waals surface area contributed by atoms with Gasteiger partial charge in [-0.25, -0.2) is 4.79 Å². The minimum absolute atomic E-state index is 0.0606. The van der Waals surface area contributed by atoms with E-state index in [1.165, 1.54) is 0 Å². The number of likely N-dealkylation sites (tertiary alicyclic amines) is 1. The van der Waals surface area contributed by atoms with Gasteiger partial charge in [-0.3, -0.25) is 9.78 Å². The number of carbonyl (C=O) groups excluding carboxylic acids is 2. The molecule has 0 radical (unpaired) electrons. The van der Waals surface area contributed by atoms with Gasteiger partial charge < -0.3 is 20.3 Å². The van der Waals surface area contributed by atoms with Crippen molar-refractivity contribution in [1.29, 1.82) is 0 Å². The molecule has 138 valence electrons. The van der Waals surface area contributed by atoms with Gasteiger partial charge in [0.25, 0.3) is 5.91 Å². The minimum atomic E-state index is -0.277. The summed E-state index contributed by atoms with van der Waals surface area (Å²) >= 11 is 0. The normalized spacial score (nSPS) is 15.1. The zero-order valence-corrected chi connectivity index (χ0v) is 15.2. The summed E-state index contributed by atoms with van der Waals surface area (Å²) in [6.07, 6.45) is 4.47. The van der Waals surface area contributed by atoms with Crippen LogP contribution >= 0.6 is 0 Å². The van der Waals surface area contributed by atoms with E-state index in [0.717, 1.165) is 25.1 Å². The van der Waals surface area contributed by atoms with Crippen LogP contribution in [0, 0.1) is 5.92 Å². The fourth-order valence-electron chi connectivity index (χ4n) is 2.67. The second-order valence-electron chi connectivity index (χ2n) is 6.67. The molecule has 1 fully saturated rings. The number of ether oxygens (including phenoxy) is 1. The van der Waals surface area contributed by atoms with Crippen LogP contribution in [0.5, 0.6) is 0 Å². The highest BCUT2D eigenvalue weighted by Crippen LogP contribution is 2.14. The van der Waals surface area contributed by atoms with Gasteiger partial charge in [-0.2, -0.15) is 0 Å². The second kappa shape index (κ2) is 9.25. The molecule has 0 unspecified atom stereocenters. The molecule has 2 N–H and O–H groups in total. The number of nitrogens with zero attached hydrogens (tertiary/aromatic N) is 2. The van der Waals surface area contributed by atoms with Crippen LogP contribution in [0.25, 0.3) is 0 Å². The van der Waals surface area contributed by atoms with Crippen LogP contribution < -0.4 is 10.6 Å². The number of carbonyl (C=O) groups is 2. The number of aromatic nitrogens is 1. The van der Waals surface area contributed by atoms with E-state index in [2.05, 4.69) is 29.5 Å². The summed E-state index contributed by atoms with van der Waals surface area (Å²) in [5.74, 6) is 0.386. The number of amides is 2. The molecule has 7 heteroatoms. The lowest BCUT2D eigenvalue weighted by Gasteiger charge is -2.31. The molecule has 1 aliphatic heterocycles. The van der Waals surface area contributed by atoms with E-state index in [1.54, 1.807) is 24.2 Å². The third-order valence-corrected chi connectivity index (χ3v) is 4.07. The first-order chi connectivity index (χ1) is 12.0. The Bertz CT molecular complexity index is 583. The predicted molar refractivity (Wildman–Crippen MR) is 96.6 cm³/mol. The number of nitrogens with one attached hydrogen (secondary N) is 2. The Balaban J connectivity index is 1.84. The molecule has 0 atom stereocenters. The molecule has 1 aromatic rings. The average molecular weight is 348 g/mol. The maximum atomic E-state index is 12.4. The van der Waals surface area contributed by atoms with Gasteiger partial charge in [-0.15, -0.1) is 0 Å². The van der Waals surface area contributed by atoms with Crippen LogP contribution in [0.2, 0.25) is 0 Å². The largest absolute Gasteiger partial charge is 0.450 e. The molecule has 0 aliphatic carbocycles. The first-order valence-corrected chi connectivity index (χ1v) is 8.91. The Morgan fingerprint density at radius 2 is 2.04 bits per heavy atom. The first-order valence-electron chi connectivity index (χ1n) is 8.91. The highest BCUT2D eigenvalue weighted by Gasteiger charge is 2.24. The molecular weight excluding hydrogens is 320 g/mol. The smallest absolute Gasteiger partial charge is 0.409 e. The van der Waals surface area contributed by atoms with E-state index in [-0.39, 0.29) is 18.0 Å². The Kier molecular flexibility index (Phi) is 7.03. The van der Waals surface area contributed by atoms with Gasteiger partial charge in [0, 0.05) is 38.1 Å². The van der Waals surface area contributed by atoms with Gasteiger partial charge >= 0.3 is 6.09 Å². The fraction of sp³-hybridized carbons (Fsp3) is 0.611. The van der Waals surface area contributed by atoms with Crippen molar-refractivity contribution in [2.45, 2.75) is 39.7 Å². The van der Waals surface area contributed by atoms with E-state index < -0.39 is 0 Å². The molecule has 1 saturated heterocycles. The van der Waals surface area contributed by atoms with Crippen LogP contribution in [0.15, 0.2) is 18.5 Å². The third-order valence-electron chi connectivity index (χ3n) is 4.07. The van der Waals surface area contributed by atoms with Crippen LogP contribution in [0.4, 0.5) is 10.5 Å². The summed E-state index contributed by atoms with van der Waals surface area (Å²) in [7, 11) is 0. The first kappa shape index (κ1) is 19.0. The lowest BCUT2D eigenvalue weighted by molar-refractivity contribution is 0.0860. The monoisotopic (exact) mass is 348 g/mol. The predicted octanol–water partition coefficient (Wildman–Crippen LogP) is 2.50. The van der Waals surface area contributed by atoms with Crippen molar-refractivity contribution < 1.29 is 14.3 Å².